The van der Waals surface area contributed by atoms with Gasteiger partial charge in [-0.1, -0.05) is 22.0 Å². The minimum absolute atomic E-state index is 0.112. The highest BCUT2D eigenvalue weighted by Crippen LogP contribution is 2.29. The van der Waals surface area contributed by atoms with Crippen LogP contribution in [0.2, 0.25) is 0 Å². The molecular formula is C14H15Br2NO2S2. The van der Waals surface area contributed by atoms with Gasteiger partial charge in [0.15, 0.2) is 0 Å². The topological polar surface area (TPSA) is 37.4 Å². The van der Waals surface area contributed by atoms with Gasteiger partial charge in [-0.25, -0.2) is 8.42 Å². The molecular weight excluding hydrogens is 438 g/mol. The summed E-state index contributed by atoms with van der Waals surface area (Å²) in [6.07, 6.45) is 0.707. The maximum absolute atomic E-state index is 12.8. The molecule has 0 radical (unpaired) electrons. The first-order valence-corrected chi connectivity index (χ1v) is 10.2. The van der Waals surface area contributed by atoms with E-state index in [9.17, 15) is 8.42 Å². The molecule has 0 bridgehead atoms. The van der Waals surface area contributed by atoms with Crippen LogP contribution in [0.1, 0.15) is 11.8 Å². The Bertz CT molecular complexity index is 715. The molecule has 0 fully saturated rings. The van der Waals surface area contributed by atoms with Crippen LogP contribution in [0, 0.1) is 0 Å². The fraction of sp³-hybridized carbons (Fsp3) is 0.286. The first-order chi connectivity index (χ1) is 9.82. The van der Waals surface area contributed by atoms with Gasteiger partial charge in [-0.15, -0.1) is 11.3 Å². The molecule has 0 saturated heterocycles. The third-order valence-electron chi connectivity index (χ3n) is 3.25. The second-order valence-electron chi connectivity index (χ2n) is 4.73. The zero-order valence-corrected chi connectivity index (χ0v) is 16.4. The normalized spacial score (nSPS) is 13.6. The Morgan fingerprint density at radius 2 is 2.00 bits per heavy atom. The molecule has 0 spiro atoms. The Morgan fingerprint density at radius 3 is 2.62 bits per heavy atom. The standard InChI is InChI=1S/C14H15Br2NO2S2/c1-10(8-12-4-3-7-20-12)17(2)21(18,19)14-9-11(15)5-6-13(14)16/h3-7,9-10H,8H2,1-2H3. The van der Waals surface area contributed by atoms with Gasteiger partial charge in [-0.05, 0) is 58.9 Å². The van der Waals surface area contributed by atoms with Crippen LogP contribution in [0.15, 0.2) is 49.6 Å². The Hall–Kier alpha value is -0.210. The lowest BCUT2D eigenvalue weighted by Gasteiger charge is -2.24. The monoisotopic (exact) mass is 451 g/mol. The number of rotatable bonds is 5. The van der Waals surface area contributed by atoms with Crippen LogP contribution >= 0.6 is 43.2 Å². The lowest BCUT2D eigenvalue weighted by atomic mass is 10.2. The van der Waals surface area contributed by atoms with E-state index in [0.29, 0.717) is 10.9 Å². The highest BCUT2D eigenvalue weighted by atomic mass is 79.9. The number of hydrogen-bond donors (Lipinski definition) is 0. The SMILES string of the molecule is CC(Cc1cccs1)N(C)S(=O)(=O)c1cc(Br)ccc1Br. The molecule has 2 rings (SSSR count). The van der Waals surface area contributed by atoms with E-state index < -0.39 is 10.0 Å². The first-order valence-electron chi connectivity index (χ1n) is 6.28. The number of nitrogens with zero attached hydrogens (tertiary/aromatic N) is 1. The number of likely N-dealkylation sites (N-methyl/N-ethyl adjacent to an activating group) is 1. The van der Waals surface area contributed by atoms with Gasteiger partial charge in [0.05, 0.1) is 4.90 Å². The summed E-state index contributed by atoms with van der Waals surface area (Å²) in [6, 6.07) is 9.04. The van der Waals surface area contributed by atoms with E-state index in [2.05, 4.69) is 31.9 Å². The summed E-state index contributed by atoms with van der Waals surface area (Å²) in [5.41, 5.74) is 0. The molecule has 3 nitrogen and oxygen atoms in total. The highest BCUT2D eigenvalue weighted by molar-refractivity contribution is 9.11. The van der Waals surface area contributed by atoms with E-state index in [1.54, 1.807) is 36.6 Å². The number of sulfonamides is 1. The van der Waals surface area contributed by atoms with Crippen LogP contribution < -0.4 is 0 Å². The molecule has 0 amide bonds. The molecule has 1 aromatic heterocycles. The fourth-order valence-electron chi connectivity index (χ4n) is 1.92. The predicted molar refractivity (Wildman–Crippen MR) is 94.3 cm³/mol. The van der Waals surface area contributed by atoms with Gasteiger partial charge in [0.2, 0.25) is 10.0 Å². The van der Waals surface area contributed by atoms with Crippen molar-refractivity contribution in [3.8, 4) is 0 Å². The van der Waals surface area contributed by atoms with E-state index in [1.807, 2.05) is 24.4 Å². The van der Waals surface area contributed by atoms with Crippen LogP contribution in [0.25, 0.3) is 0 Å². The summed E-state index contributed by atoms with van der Waals surface area (Å²) in [7, 11) is -1.91. The molecule has 1 unspecified atom stereocenters. The fourth-order valence-corrected chi connectivity index (χ4v) is 5.56. The summed E-state index contributed by atoms with van der Waals surface area (Å²) in [5, 5.41) is 2.00. The molecule has 114 valence electrons. The van der Waals surface area contributed by atoms with E-state index in [-0.39, 0.29) is 10.9 Å². The Kier molecular flexibility index (Phi) is 5.65. The summed E-state index contributed by atoms with van der Waals surface area (Å²) in [5.74, 6) is 0. The van der Waals surface area contributed by atoms with Gasteiger partial charge in [0.25, 0.3) is 0 Å². The lowest BCUT2D eigenvalue weighted by Crippen LogP contribution is -2.36. The number of hydrogen-bond acceptors (Lipinski definition) is 3. The molecule has 7 heteroatoms. The van der Waals surface area contributed by atoms with Gasteiger partial charge in [-0.3, -0.25) is 0 Å². The summed E-state index contributed by atoms with van der Waals surface area (Å²) < 4.78 is 28.2. The largest absolute Gasteiger partial charge is 0.244 e. The summed E-state index contributed by atoms with van der Waals surface area (Å²) in [4.78, 5) is 1.45. The first kappa shape index (κ1) is 17.1. The molecule has 0 aliphatic carbocycles. The smallest absolute Gasteiger partial charge is 0.207 e. The zero-order valence-electron chi connectivity index (χ0n) is 11.6. The van der Waals surface area contributed by atoms with E-state index in [1.165, 1.54) is 9.18 Å². The third-order valence-corrected chi connectivity index (χ3v) is 7.61. The molecule has 1 atom stereocenters. The van der Waals surface area contributed by atoms with Crippen molar-refractivity contribution >= 4 is 53.2 Å². The van der Waals surface area contributed by atoms with Gasteiger partial charge < -0.3 is 0 Å². The molecule has 21 heavy (non-hydrogen) atoms. The van der Waals surface area contributed by atoms with Crippen molar-refractivity contribution in [2.75, 3.05) is 7.05 Å². The Balaban J connectivity index is 2.27. The van der Waals surface area contributed by atoms with Gasteiger partial charge in [0.1, 0.15) is 0 Å². The number of thiophene rings is 1. The minimum atomic E-state index is -3.53. The van der Waals surface area contributed by atoms with Crippen LogP contribution in [-0.4, -0.2) is 25.8 Å². The van der Waals surface area contributed by atoms with Crippen LogP contribution in [0.3, 0.4) is 0 Å². The third kappa shape index (κ3) is 3.96. The molecule has 0 aliphatic heterocycles. The van der Waals surface area contributed by atoms with Gasteiger partial charge >= 0.3 is 0 Å². The molecule has 0 N–H and O–H groups in total. The second kappa shape index (κ2) is 6.91. The maximum atomic E-state index is 12.8. The average molecular weight is 453 g/mol. The van der Waals surface area contributed by atoms with Crippen LogP contribution in [0.4, 0.5) is 0 Å². The van der Waals surface area contributed by atoms with E-state index in [4.69, 9.17) is 0 Å². The van der Waals surface area contributed by atoms with Crippen molar-refractivity contribution in [2.45, 2.75) is 24.3 Å². The van der Waals surface area contributed by atoms with E-state index in [0.717, 1.165) is 4.47 Å². The van der Waals surface area contributed by atoms with Crippen molar-refractivity contribution in [3.05, 3.63) is 49.5 Å². The second-order valence-corrected chi connectivity index (χ2v) is 9.50. The predicted octanol–water partition coefficient (Wildman–Crippen LogP) is 4.52. The number of halogens is 2. The van der Waals surface area contributed by atoms with Gasteiger partial charge in [0, 0.05) is 26.9 Å². The van der Waals surface area contributed by atoms with Crippen molar-refractivity contribution in [1.29, 1.82) is 0 Å². The summed E-state index contributed by atoms with van der Waals surface area (Å²) in [6.45, 7) is 1.92. The van der Waals surface area contributed by atoms with Crippen molar-refractivity contribution in [3.63, 3.8) is 0 Å². The van der Waals surface area contributed by atoms with Gasteiger partial charge in [-0.2, -0.15) is 4.31 Å². The van der Waals surface area contributed by atoms with Crippen LogP contribution in [-0.2, 0) is 16.4 Å². The zero-order chi connectivity index (χ0) is 15.6. The number of benzene rings is 1. The van der Waals surface area contributed by atoms with Crippen molar-refractivity contribution < 1.29 is 8.42 Å². The molecule has 0 saturated carbocycles. The van der Waals surface area contributed by atoms with Crippen molar-refractivity contribution in [2.24, 2.45) is 0 Å². The van der Waals surface area contributed by atoms with Crippen LogP contribution in [0.5, 0.6) is 0 Å². The quantitative estimate of drug-likeness (QED) is 0.668. The summed E-state index contributed by atoms with van der Waals surface area (Å²) >= 11 is 8.28. The Labute approximate surface area is 146 Å². The van der Waals surface area contributed by atoms with Crippen molar-refractivity contribution in [1.82, 2.24) is 4.31 Å². The Morgan fingerprint density at radius 1 is 1.29 bits per heavy atom. The molecule has 1 heterocycles. The minimum Gasteiger partial charge on any atom is -0.207 e. The van der Waals surface area contributed by atoms with E-state index >= 15 is 0 Å². The highest BCUT2D eigenvalue weighted by Gasteiger charge is 2.27. The molecule has 0 aliphatic rings. The molecule has 2 aromatic rings. The average Bonchev–Trinajstić information content (AvgIpc) is 2.93. The maximum Gasteiger partial charge on any atom is 0.244 e. The molecule has 1 aromatic carbocycles. The lowest BCUT2D eigenvalue weighted by molar-refractivity contribution is 0.388.